The molecule has 9 heteroatoms. The molecule has 184 valence electrons. The Morgan fingerprint density at radius 1 is 0.914 bits per heavy atom. The molecule has 0 aliphatic heterocycles. The zero-order valence-electron chi connectivity index (χ0n) is 19.8. The van der Waals surface area contributed by atoms with Gasteiger partial charge in [0.15, 0.2) is 0 Å². The Balaban J connectivity index is 1.81. The monoisotopic (exact) mass is 514 g/mol. The van der Waals surface area contributed by atoms with Crippen LogP contribution in [0.25, 0.3) is 11.1 Å². The minimum atomic E-state index is -3.84. The molecule has 1 amide bonds. The maximum Gasteiger partial charge on any atom is 0.326 e. The highest BCUT2D eigenvalue weighted by molar-refractivity contribution is 7.92. The normalized spacial score (nSPS) is 12.3. The van der Waals surface area contributed by atoms with Gasteiger partial charge in [0.1, 0.15) is 6.04 Å². The molecule has 3 N–H and O–H groups in total. The quantitative estimate of drug-likeness (QED) is 0.379. The maximum absolute atomic E-state index is 13.0. The zero-order chi connectivity index (χ0) is 25.9. The molecule has 1 atom stereocenters. The van der Waals surface area contributed by atoms with E-state index >= 15 is 0 Å². The van der Waals surface area contributed by atoms with Crippen molar-refractivity contribution in [2.24, 2.45) is 5.92 Å². The number of halogens is 1. The van der Waals surface area contributed by atoms with E-state index in [0.29, 0.717) is 27.4 Å². The van der Waals surface area contributed by atoms with E-state index in [1.165, 1.54) is 0 Å². The number of amides is 1. The lowest BCUT2D eigenvalue weighted by molar-refractivity contribution is -0.140. The molecule has 35 heavy (non-hydrogen) atoms. The van der Waals surface area contributed by atoms with Gasteiger partial charge in [-0.05, 0) is 78.4 Å². The predicted octanol–water partition coefficient (Wildman–Crippen LogP) is 5.26. The minimum Gasteiger partial charge on any atom is -0.480 e. The van der Waals surface area contributed by atoms with E-state index in [-0.39, 0.29) is 10.8 Å². The first-order valence-corrected chi connectivity index (χ1v) is 12.8. The molecule has 0 heterocycles. The topological polar surface area (TPSA) is 113 Å². The number of carboxylic acids is 1. The van der Waals surface area contributed by atoms with Gasteiger partial charge in [-0.1, -0.05) is 49.7 Å². The molecule has 0 saturated carbocycles. The fourth-order valence-electron chi connectivity index (χ4n) is 3.57. The second kappa shape index (κ2) is 10.5. The van der Waals surface area contributed by atoms with Crippen molar-refractivity contribution in [3.05, 3.63) is 82.4 Å². The van der Waals surface area contributed by atoms with Crippen molar-refractivity contribution >= 4 is 39.2 Å². The van der Waals surface area contributed by atoms with Crippen LogP contribution in [-0.4, -0.2) is 31.4 Å². The van der Waals surface area contributed by atoms with Crippen LogP contribution < -0.4 is 10.0 Å². The number of carbonyl (C=O) groups excluding carboxylic acids is 1. The lowest BCUT2D eigenvalue weighted by Crippen LogP contribution is -2.44. The second-order valence-electron chi connectivity index (χ2n) is 8.66. The van der Waals surface area contributed by atoms with Crippen molar-refractivity contribution in [2.75, 3.05) is 4.72 Å². The van der Waals surface area contributed by atoms with Crippen LogP contribution in [0, 0.1) is 19.8 Å². The largest absolute Gasteiger partial charge is 0.480 e. The minimum absolute atomic E-state index is 0.154. The summed E-state index contributed by atoms with van der Waals surface area (Å²) in [5.74, 6) is -1.83. The Hall–Kier alpha value is -3.36. The average Bonchev–Trinajstić information content (AvgIpc) is 2.79. The van der Waals surface area contributed by atoms with Crippen LogP contribution in [-0.2, 0) is 14.8 Å². The summed E-state index contributed by atoms with van der Waals surface area (Å²) >= 11 is 6.10. The Bertz CT molecular complexity index is 1370. The molecule has 0 spiro atoms. The van der Waals surface area contributed by atoms with Crippen LogP contribution in [0.15, 0.2) is 65.6 Å². The van der Waals surface area contributed by atoms with Gasteiger partial charge in [-0.2, -0.15) is 0 Å². The van der Waals surface area contributed by atoms with Gasteiger partial charge in [0, 0.05) is 16.3 Å². The molecule has 1 unspecified atom stereocenters. The van der Waals surface area contributed by atoms with Gasteiger partial charge in [0.25, 0.3) is 15.9 Å². The molecule has 3 aromatic carbocycles. The first-order chi connectivity index (χ1) is 16.4. The highest BCUT2D eigenvalue weighted by Crippen LogP contribution is 2.28. The highest BCUT2D eigenvalue weighted by Gasteiger charge is 2.24. The number of aryl methyl sites for hydroxylation is 2. The number of aliphatic carboxylic acids is 1. The van der Waals surface area contributed by atoms with E-state index in [2.05, 4.69) is 10.0 Å². The van der Waals surface area contributed by atoms with Gasteiger partial charge in [0.2, 0.25) is 0 Å². The van der Waals surface area contributed by atoms with E-state index in [1.54, 1.807) is 82.3 Å². The second-order valence-corrected chi connectivity index (χ2v) is 10.7. The van der Waals surface area contributed by atoms with E-state index < -0.39 is 27.9 Å². The summed E-state index contributed by atoms with van der Waals surface area (Å²) in [5, 5.41) is 12.3. The summed E-state index contributed by atoms with van der Waals surface area (Å²) in [6, 6.07) is 15.7. The van der Waals surface area contributed by atoms with Crippen molar-refractivity contribution in [1.29, 1.82) is 0 Å². The smallest absolute Gasteiger partial charge is 0.326 e. The summed E-state index contributed by atoms with van der Waals surface area (Å²) in [6.07, 6.45) is 0. The SMILES string of the molecule is Cc1cc(S(=O)(=O)Nc2cccc(-c3ccc(C(=O)NC(C(=O)O)C(C)C)cc3)c2)c(C)cc1Cl. The van der Waals surface area contributed by atoms with Crippen molar-refractivity contribution in [3.63, 3.8) is 0 Å². The van der Waals surface area contributed by atoms with E-state index in [4.69, 9.17) is 11.6 Å². The lowest BCUT2D eigenvalue weighted by Gasteiger charge is -2.18. The third-order valence-electron chi connectivity index (χ3n) is 5.56. The number of carbonyl (C=O) groups is 2. The van der Waals surface area contributed by atoms with Gasteiger partial charge >= 0.3 is 5.97 Å². The molecule has 7 nitrogen and oxygen atoms in total. The molecule has 3 rings (SSSR count). The fourth-order valence-corrected chi connectivity index (χ4v) is 5.15. The number of sulfonamides is 1. The van der Waals surface area contributed by atoms with Gasteiger partial charge in [0.05, 0.1) is 4.90 Å². The number of rotatable bonds is 8. The summed E-state index contributed by atoms with van der Waals surface area (Å²) in [7, 11) is -3.84. The molecular formula is C26H27ClN2O5S. The third kappa shape index (κ3) is 6.21. The Labute approximate surface area is 210 Å². The summed E-state index contributed by atoms with van der Waals surface area (Å²) < 4.78 is 28.6. The molecule has 0 radical (unpaired) electrons. The number of benzene rings is 3. The van der Waals surface area contributed by atoms with Crippen LogP contribution >= 0.6 is 11.6 Å². The number of hydrogen-bond donors (Lipinski definition) is 3. The molecule has 0 bridgehead atoms. The fraction of sp³-hybridized carbons (Fsp3) is 0.231. The summed E-state index contributed by atoms with van der Waals surface area (Å²) in [4.78, 5) is 24.0. The highest BCUT2D eigenvalue weighted by atomic mass is 35.5. The number of anilines is 1. The van der Waals surface area contributed by atoms with Crippen LogP contribution in [0.2, 0.25) is 5.02 Å². The molecular weight excluding hydrogens is 488 g/mol. The molecule has 0 aromatic heterocycles. The first kappa shape index (κ1) is 26.2. The first-order valence-electron chi connectivity index (χ1n) is 10.9. The lowest BCUT2D eigenvalue weighted by atomic mass is 10.0. The van der Waals surface area contributed by atoms with Crippen molar-refractivity contribution in [1.82, 2.24) is 5.32 Å². The number of hydrogen-bond acceptors (Lipinski definition) is 4. The zero-order valence-corrected chi connectivity index (χ0v) is 21.4. The average molecular weight is 515 g/mol. The van der Waals surface area contributed by atoms with E-state index in [9.17, 15) is 23.1 Å². The number of carboxylic acid groups (broad SMARTS) is 1. The Morgan fingerprint density at radius 2 is 1.57 bits per heavy atom. The van der Waals surface area contributed by atoms with E-state index in [1.807, 2.05) is 6.07 Å². The van der Waals surface area contributed by atoms with Crippen molar-refractivity contribution in [2.45, 2.75) is 38.6 Å². The molecule has 3 aromatic rings. The van der Waals surface area contributed by atoms with Gasteiger partial charge in [-0.15, -0.1) is 0 Å². The van der Waals surface area contributed by atoms with Crippen molar-refractivity contribution in [3.8, 4) is 11.1 Å². The predicted molar refractivity (Wildman–Crippen MR) is 137 cm³/mol. The van der Waals surface area contributed by atoms with Gasteiger partial charge in [-0.3, -0.25) is 9.52 Å². The summed E-state index contributed by atoms with van der Waals surface area (Å²) in [5.41, 5.74) is 3.43. The summed E-state index contributed by atoms with van der Waals surface area (Å²) in [6.45, 7) is 6.88. The van der Waals surface area contributed by atoms with Gasteiger partial charge in [-0.25, -0.2) is 13.2 Å². The van der Waals surface area contributed by atoms with Crippen LogP contribution in [0.5, 0.6) is 0 Å². The third-order valence-corrected chi connectivity index (χ3v) is 7.49. The number of nitrogens with one attached hydrogen (secondary N) is 2. The Morgan fingerprint density at radius 3 is 2.17 bits per heavy atom. The van der Waals surface area contributed by atoms with E-state index in [0.717, 1.165) is 11.1 Å². The maximum atomic E-state index is 13.0. The molecule has 0 fully saturated rings. The molecule has 0 saturated heterocycles. The molecule has 0 aliphatic rings. The van der Waals surface area contributed by atoms with Crippen LogP contribution in [0.1, 0.15) is 35.3 Å². The van der Waals surface area contributed by atoms with Crippen molar-refractivity contribution < 1.29 is 23.1 Å². The van der Waals surface area contributed by atoms with Gasteiger partial charge < -0.3 is 10.4 Å². The van der Waals surface area contributed by atoms with Crippen LogP contribution in [0.3, 0.4) is 0 Å². The molecule has 0 aliphatic carbocycles. The standard InChI is InChI=1S/C26H27ClN2O5S/c1-15(2)24(26(31)32)28-25(30)19-10-8-18(9-11-19)20-6-5-7-21(14-20)29-35(33,34)23-13-16(3)22(27)12-17(23)4/h5-15,24,29H,1-4H3,(H,28,30)(H,31,32). The van der Waals surface area contributed by atoms with Crippen LogP contribution in [0.4, 0.5) is 5.69 Å². The Kier molecular flexibility index (Phi) is 7.87.